The van der Waals surface area contributed by atoms with Crippen molar-refractivity contribution < 1.29 is 9.15 Å². The summed E-state index contributed by atoms with van der Waals surface area (Å²) in [6.45, 7) is 2.51. The van der Waals surface area contributed by atoms with Gasteiger partial charge in [-0.25, -0.2) is 0 Å². The van der Waals surface area contributed by atoms with E-state index in [4.69, 9.17) is 20.8 Å². The molecule has 0 fully saturated rings. The molecule has 0 N–H and O–H groups in total. The fourth-order valence-corrected chi connectivity index (χ4v) is 1.33. The zero-order chi connectivity index (χ0) is 9.26. The van der Waals surface area contributed by atoms with Gasteiger partial charge in [-0.3, -0.25) is 0 Å². The fraction of sp³-hybridized carbons (Fsp3) is 0.222. The molecule has 1 aromatic heterocycles. The average molecular weight is 198 g/mol. The Morgan fingerprint density at radius 1 is 1.54 bits per heavy atom. The largest absolute Gasteiger partial charge is 0.490 e. The van der Waals surface area contributed by atoms with Crippen LogP contribution in [0.2, 0.25) is 5.35 Å². The average Bonchev–Trinajstić information content (AvgIpc) is 2.47. The molecule has 0 radical (unpaired) electrons. The molecule has 2 aromatic rings. The van der Waals surface area contributed by atoms with Crippen LogP contribution in [0, 0.1) is 0 Å². The van der Waals surface area contributed by atoms with E-state index in [-0.39, 0.29) is 5.35 Å². The molecule has 2 rings (SSSR count). The molecule has 0 aliphatic rings. The van der Waals surface area contributed by atoms with Crippen molar-refractivity contribution in [1.29, 1.82) is 0 Å². The van der Waals surface area contributed by atoms with Crippen LogP contribution in [0.3, 0.4) is 0 Å². The first kappa shape index (κ1) is 8.38. The topological polar surface area (TPSA) is 35.3 Å². The van der Waals surface area contributed by atoms with Crippen LogP contribution in [-0.2, 0) is 0 Å². The number of rotatable bonds is 2. The standard InChI is InChI=1S/C9H8ClNO2/c1-2-12-7-5-3-4-6-8(7)13-9(10)11-6/h3-5H,2H2,1H3. The van der Waals surface area contributed by atoms with Crippen molar-refractivity contribution in [2.75, 3.05) is 6.61 Å². The minimum atomic E-state index is 0.141. The summed E-state index contributed by atoms with van der Waals surface area (Å²) in [4.78, 5) is 3.97. The summed E-state index contributed by atoms with van der Waals surface area (Å²) in [5.41, 5.74) is 1.32. The molecule has 0 amide bonds. The summed E-state index contributed by atoms with van der Waals surface area (Å²) in [7, 11) is 0. The highest BCUT2D eigenvalue weighted by molar-refractivity contribution is 6.28. The molecule has 3 nitrogen and oxygen atoms in total. The zero-order valence-electron chi connectivity index (χ0n) is 7.08. The third-order valence-corrected chi connectivity index (χ3v) is 1.81. The Labute approximate surface area is 80.3 Å². The van der Waals surface area contributed by atoms with E-state index in [0.29, 0.717) is 17.9 Å². The quantitative estimate of drug-likeness (QED) is 0.743. The highest BCUT2D eigenvalue weighted by atomic mass is 35.5. The van der Waals surface area contributed by atoms with Crippen molar-refractivity contribution in [2.45, 2.75) is 6.92 Å². The van der Waals surface area contributed by atoms with Crippen LogP contribution in [0.15, 0.2) is 22.6 Å². The maximum atomic E-state index is 5.62. The Bertz CT molecular complexity index is 424. The molecule has 13 heavy (non-hydrogen) atoms. The van der Waals surface area contributed by atoms with Crippen molar-refractivity contribution in [1.82, 2.24) is 4.98 Å². The number of hydrogen-bond acceptors (Lipinski definition) is 3. The Hall–Kier alpha value is -1.22. The summed E-state index contributed by atoms with van der Waals surface area (Å²) >= 11 is 5.62. The van der Waals surface area contributed by atoms with Crippen molar-refractivity contribution in [3.8, 4) is 5.75 Å². The van der Waals surface area contributed by atoms with Gasteiger partial charge in [0.25, 0.3) is 5.35 Å². The first-order chi connectivity index (χ1) is 6.31. The molecule has 0 saturated carbocycles. The van der Waals surface area contributed by atoms with Crippen molar-refractivity contribution in [3.63, 3.8) is 0 Å². The lowest BCUT2D eigenvalue weighted by Crippen LogP contribution is -1.90. The summed E-state index contributed by atoms with van der Waals surface area (Å²) < 4.78 is 10.5. The van der Waals surface area contributed by atoms with E-state index in [0.717, 1.165) is 5.52 Å². The van der Waals surface area contributed by atoms with Gasteiger partial charge in [0.15, 0.2) is 11.3 Å². The van der Waals surface area contributed by atoms with Gasteiger partial charge in [-0.1, -0.05) is 6.07 Å². The predicted octanol–water partition coefficient (Wildman–Crippen LogP) is 2.88. The number of hydrogen-bond donors (Lipinski definition) is 0. The number of benzene rings is 1. The van der Waals surface area contributed by atoms with E-state index < -0.39 is 0 Å². The maximum absolute atomic E-state index is 5.62. The smallest absolute Gasteiger partial charge is 0.293 e. The number of ether oxygens (including phenoxy) is 1. The van der Waals surface area contributed by atoms with Crippen LogP contribution in [0.5, 0.6) is 5.75 Å². The molecule has 68 valence electrons. The third-order valence-electron chi connectivity index (χ3n) is 1.65. The van der Waals surface area contributed by atoms with Crippen LogP contribution < -0.4 is 4.74 Å². The third kappa shape index (κ3) is 1.47. The van der Waals surface area contributed by atoms with E-state index >= 15 is 0 Å². The SMILES string of the molecule is CCOc1cccc2nc(Cl)oc12. The number of nitrogens with zero attached hydrogens (tertiary/aromatic N) is 1. The molecule has 0 bridgehead atoms. The molecule has 1 aromatic carbocycles. The molecule has 0 spiro atoms. The van der Waals surface area contributed by atoms with E-state index in [1.54, 1.807) is 0 Å². The second-order valence-corrected chi connectivity index (χ2v) is 2.83. The van der Waals surface area contributed by atoms with Gasteiger partial charge in [-0.15, -0.1) is 0 Å². The van der Waals surface area contributed by atoms with Gasteiger partial charge in [0, 0.05) is 0 Å². The molecule has 0 atom stereocenters. The van der Waals surface area contributed by atoms with E-state index in [2.05, 4.69) is 4.98 Å². The summed E-state index contributed by atoms with van der Waals surface area (Å²) in [5.74, 6) is 0.680. The predicted molar refractivity (Wildman–Crippen MR) is 50.2 cm³/mol. The first-order valence-electron chi connectivity index (χ1n) is 3.99. The van der Waals surface area contributed by atoms with Crippen LogP contribution >= 0.6 is 11.6 Å². The van der Waals surface area contributed by atoms with Gasteiger partial charge in [0.2, 0.25) is 0 Å². The Balaban J connectivity index is 2.60. The molecule has 0 aliphatic heterocycles. The monoisotopic (exact) mass is 197 g/mol. The van der Waals surface area contributed by atoms with Gasteiger partial charge < -0.3 is 9.15 Å². The number of oxazole rings is 1. The molecule has 0 saturated heterocycles. The van der Waals surface area contributed by atoms with Crippen LogP contribution in [0.25, 0.3) is 11.1 Å². The lowest BCUT2D eigenvalue weighted by molar-refractivity contribution is 0.338. The molecular formula is C9H8ClNO2. The van der Waals surface area contributed by atoms with Crippen molar-refractivity contribution in [3.05, 3.63) is 23.5 Å². The Morgan fingerprint density at radius 3 is 3.15 bits per heavy atom. The maximum Gasteiger partial charge on any atom is 0.293 e. The molecule has 4 heteroatoms. The summed E-state index contributed by atoms with van der Waals surface area (Å²) in [6.07, 6.45) is 0. The van der Waals surface area contributed by atoms with Crippen molar-refractivity contribution >= 4 is 22.7 Å². The summed E-state index contributed by atoms with van der Waals surface area (Å²) in [5, 5.41) is 0.141. The van der Waals surface area contributed by atoms with Crippen molar-refractivity contribution in [2.24, 2.45) is 0 Å². The van der Waals surface area contributed by atoms with Crippen LogP contribution in [0.4, 0.5) is 0 Å². The van der Waals surface area contributed by atoms with E-state index in [9.17, 15) is 0 Å². The Morgan fingerprint density at radius 2 is 2.38 bits per heavy atom. The second kappa shape index (κ2) is 3.26. The Kier molecular flexibility index (Phi) is 2.10. The minimum absolute atomic E-state index is 0.141. The van der Waals surface area contributed by atoms with Gasteiger partial charge >= 0.3 is 0 Å². The zero-order valence-corrected chi connectivity index (χ0v) is 7.84. The van der Waals surface area contributed by atoms with E-state index in [1.807, 2.05) is 25.1 Å². The van der Waals surface area contributed by atoms with Crippen LogP contribution in [0.1, 0.15) is 6.92 Å². The highest BCUT2D eigenvalue weighted by Gasteiger charge is 2.08. The highest BCUT2D eigenvalue weighted by Crippen LogP contribution is 2.27. The normalized spacial score (nSPS) is 10.6. The number of aromatic nitrogens is 1. The fourth-order valence-electron chi connectivity index (χ4n) is 1.17. The first-order valence-corrected chi connectivity index (χ1v) is 4.37. The van der Waals surface area contributed by atoms with Gasteiger partial charge in [0.05, 0.1) is 6.61 Å². The summed E-state index contributed by atoms with van der Waals surface area (Å²) in [6, 6.07) is 5.51. The number of para-hydroxylation sites is 1. The van der Waals surface area contributed by atoms with Crippen LogP contribution in [-0.4, -0.2) is 11.6 Å². The number of halogens is 1. The lowest BCUT2D eigenvalue weighted by Gasteiger charge is -2.00. The van der Waals surface area contributed by atoms with Gasteiger partial charge in [-0.05, 0) is 30.7 Å². The van der Waals surface area contributed by atoms with Gasteiger partial charge in [0.1, 0.15) is 5.52 Å². The van der Waals surface area contributed by atoms with Gasteiger partial charge in [-0.2, -0.15) is 4.98 Å². The second-order valence-electron chi connectivity index (χ2n) is 2.50. The molecule has 0 aliphatic carbocycles. The molecular weight excluding hydrogens is 190 g/mol. The molecule has 1 heterocycles. The number of fused-ring (bicyclic) bond motifs is 1. The lowest BCUT2D eigenvalue weighted by atomic mass is 10.3. The van der Waals surface area contributed by atoms with E-state index in [1.165, 1.54) is 0 Å². The molecule has 0 unspecified atom stereocenters. The minimum Gasteiger partial charge on any atom is -0.490 e.